The van der Waals surface area contributed by atoms with Crippen LogP contribution in [0.4, 0.5) is 0 Å². The summed E-state index contributed by atoms with van der Waals surface area (Å²) in [6.45, 7) is 5.68. The highest BCUT2D eigenvalue weighted by Gasteiger charge is 2.21. The third-order valence-corrected chi connectivity index (χ3v) is 4.55. The summed E-state index contributed by atoms with van der Waals surface area (Å²) in [5.74, 6) is 2.37. The Morgan fingerprint density at radius 1 is 1.28 bits per heavy atom. The minimum absolute atomic E-state index is 0.248. The van der Waals surface area contributed by atoms with E-state index in [2.05, 4.69) is 22.0 Å². The molecule has 1 saturated heterocycles. The molecule has 0 aliphatic carbocycles. The molecule has 0 bridgehead atoms. The molecule has 0 radical (unpaired) electrons. The van der Waals surface area contributed by atoms with Gasteiger partial charge in [0.25, 0.3) is 0 Å². The number of hydrogen-bond donors (Lipinski definition) is 1. The Morgan fingerprint density at radius 2 is 2.12 bits per heavy atom. The second kappa shape index (κ2) is 8.97. The van der Waals surface area contributed by atoms with Gasteiger partial charge in [0.1, 0.15) is 5.75 Å². The molecular weight excluding hydrogens is 318 g/mol. The maximum Gasteiger partial charge on any atom is 0.247 e. The molecule has 136 valence electrons. The van der Waals surface area contributed by atoms with Gasteiger partial charge in [-0.1, -0.05) is 13.3 Å². The van der Waals surface area contributed by atoms with Crippen molar-refractivity contribution in [2.45, 2.75) is 39.2 Å². The van der Waals surface area contributed by atoms with Crippen molar-refractivity contribution >= 4 is 0 Å². The molecule has 1 aromatic heterocycles. The summed E-state index contributed by atoms with van der Waals surface area (Å²) in [7, 11) is 0. The number of benzene rings is 1. The van der Waals surface area contributed by atoms with Crippen LogP contribution < -0.4 is 4.74 Å². The summed E-state index contributed by atoms with van der Waals surface area (Å²) >= 11 is 0. The summed E-state index contributed by atoms with van der Waals surface area (Å²) in [5, 5.41) is 17.7. The highest BCUT2D eigenvalue weighted by Crippen LogP contribution is 2.23. The molecule has 1 N–H and O–H groups in total. The van der Waals surface area contributed by atoms with Gasteiger partial charge in [0.05, 0.1) is 13.2 Å². The van der Waals surface area contributed by atoms with E-state index in [1.54, 1.807) is 0 Å². The van der Waals surface area contributed by atoms with Gasteiger partial charge in [-0.3, -0.25) is 4.90 Å². The molecule has 6 nitrogen and oxygen atoms in total. The Bertz CT molecular complexity index is 642. The third kappa shape index (κ3) is 5.03. The molecule has 0 spiro atoms. The van der Waals surface area contributed by atoms with Crippen molar-refractivity contribution in [3.05, 3.63) is 30.2 Å². The van der Waals surface area contributed by atoms with Crippen molar-refractivity contribution in [1.29, 1.82) is 0 Å². The molecule has 1 unspecified atom stereocenters. The molecule has 2 heterocycles. The highest BCUT2D eigenvalue weighted by molar-refractivity contribution is 5.53. The number of nitrogens with zero attached hydrogens (tertiary/aromatic N) is 3. The van der Waals surface area contributed by atoms with E-state index in [4.69, 9.17) is 9.15 Å². The Hall–Kier alpha value is -1.92. The van der Waals surface area contributed by atoms with Gasteiger partial charge in [-0.25, -0.2) is 0 Å². The van der Waals surface area contributed by atoms with Gasteiger partial charge in [-0.2, -0.15) is 0 Å². The number of aliphatic hydroxyl groups excluding tert-OH is 1. The van der Waals surface area contributed by atoms with E-state index < -0.39 is 0 Å². The molecule has 1 aromatic carbocycles. The van der Waals surface area contributed by atoms with Gasteiger partial charge < -0.3 is 14.3 Å². The lowest BCUT2D eigenvalue weighted by molar-refractivity contribution is 0.109. The third-order valence-electron chi connectivity index (χ3n) is 4.55. The first-order valence-corrected chi connectivity index (χ1v) is 9.17. The number of unbranched alkanes of at least 4 members (excludes halogenated alkanes) is 1. The summed E-state index contributed by atoms with van der Waals surface area (Å²) in [6.07, 6.45) is 4.38. The quantitative estimate of drug-likeness (QED) is 0.741. The SMILES string of the molecule is CCCCOc1ccc(-c2nnc(CN3CCCC(CO)C3)o2)cc1. The second-order valence-electron chi connectivity index (χ2n) is 6.65. The van der Waals surface area contributed by atoms with Crippen LogP contribution in [0.15, 0.2) is 28.7 Å². The molecule has 6 heteroatoms. The summed E-state index contributed by atoms with van der Waals surface area (Å²) in [4.78, 5) is 2.27. The van der Waals surface area contributed by atoms with Gasteiger partial charge in [-0.15, -0.1) is 10.2 Å². The fourth-order valence-corrected chi connectivity index (χ4v) is 3.10. The molecule has 1 fully saturated rings. The van der Waals surface area contributed by atoms with Crippen LogP contribution in [0.2, 0.25) is 0 Å². The van der Waals surface area contributed by atoms with Crippen LogP contribution in [0.5, 0.6) is 5.75 Å². The number of likely N-dealkylation sites (tertiary alicyclic amines) is 1. The van der Waals surface area contributed by atoms with E-state index >= 15 is 0 Å². The van der Waals surface area contributed by atoms with Gasteiger partial charge in [0, 0.05) is 18.7 Å². The lowest BCUT2D eigenvalue weighted by atomic mass is 9.99. The van der Waals surface area contributed by atoms with Gasteiger partial charge in [-0.05, 0) is 56.0 Å². The number of aliphatic hydroxyl groups is 1. The molecule has 0 saturated carbocycles. The van der Waals surface area contributed by atoms with Crippen molar-refractivity contribution < 1.29 is 14.3 Å². The summed E-state index contributed by atoms with van der Waals surface area (Å²) in [5.41, 5.74) is 0.897. The zero-order chi connectivity index (χ0) is 17.5. The van der Waals surface area contributed by atoms with Gasteiger partial charge >= 0.3 is 0 Å². The predicted octanol–water partition coefficient (Wildman–Crippen LogP) is 3.12. The van der Waals surface area contributed by atoms with E-state index in [0.29, 0.717) is 24.2 Å². The predicted molar refractivity (Wildman–Crippen MR) is 95.2 cm³/mol. The van der Waals surface area contributed by atoms with Crippen LogP contribution in [-0.4, -0.2) is 46.5 Å². The number of piperidine rings is 1. The molecule has 0 amide bonds. The highest BCUT2D eigenvalue weighted by atomic mass is 16.5. The molecule has 1 aliphatic heterocycles. The first-order valence-electron chi connectivity index (χ1n) is 9.17. The maximum absolute atomic E-state index is 9.33. The average molecular weight is 345 g/mol. The molecule has 1 atom stereocenters. The van der Waals surface area contributed by atoms with Crippen molar-refractivity contribution in [1.82, 2.24) is 15.1 Å². The maximum atomic E-state index is 9.33. The van der Waals surface area contributed by atoms with Gasteiger partial charge in [0.15, 0.2) is 0 Å². The zero-order valence-electron chi connectivity index (χ0n) is 14.9. The Balaban J connectivity index is 1.57. The van der Waals surface area contributed by atoms with Crippen LogP contribution in [0.3, 0.4) is 0 Å². The normalized spacial score (nSPS) is 18.4. The number of hydrogen-bond acceptors (Lipinski definition) is 6. The molecule has 3 rings (SSSR count). The van der Waals surface area contributed by atoms with Crippen LogP contribution in [0.25, 0.3) is 11.5 Å². The van der Waals surface area contributed by atoms with Crippen molar-refractivity contribution in [3.63, 3.8) is 0 Å². The van der Waals surface area contributed by atoms with E-state index in [1.807, 2.05) is 24.3 Å². The van der Waals surface area contributed by atoms with Crippen LogP contribution in [0.1, 0.15) is 38.5 Å². The number of ether oxygens (including phenoxy) is 1. The van der Waals surface area contributed by atoms with Crippen molar-refractivity contribution in [3.8, 4) is 17.2 Å². The fourth-order valence-electron chi connectivity index (χ4n) is 3.10. The largest absolute Gasteiger partial charge is 0.494 e. The lowest BCUT2D eigenvalue weighted by Gasteiger charge is -2.30. The van der Waals surface area contributed by atoms with Crippen LogP contribution in [0, 0.1) is 5.92 Å². The zero-order valence-corrected chi connectivity index (χ0v) is 14.9. The van der Waals surface area contributed by atoms with Gasteiger partial charge in [0.2, 0.25) is 11.8 Å². The smallest absolute Gasteiger partial charge is 0.247 e. The Kier molecular flexibility index (Phi) is 6.42. The lowest BCUT2D eigenvalue weighted by Crippen LogP contribution is -2.36. The van der Waals surface area contributed by atoms with E-state index in [9.17, 15) is 5.11 Å². The number of aromatic nitrogens is 2. The van der Waals surface area contributed by atoms with E-state index in [1.165, 1.54) is 0 Å². The average Bonchev–Trinajstić information content (AvgIpc) is 3.11. The van der Waals surface area contributed by atoms with Crippen molar-refractivity contribution in [2.24, 2.45) is 5.92 Å². The number of rotatable bonds is 8. The van der Waals surface area contributed by atoms with E-state index in [-0.39, 0.29) is 6.61 Å². The molecule has 2 aromatic rings. The molecule has 1 aliphatic rings. The Morgan fingerprint density at radius 3 is 2.88 bits per heavy atom. The standard InChI is InChI=1S/C19H27N3O3/c1-2-3-11-24-17-8-6-16(7-9-17)19-21-20-18(25-19)13-22-10-4-5-15(12-22)14-23/h6-9,15,23H,2-5,10-14H2,1H3. The Labute approximate surface area is 148 Å². The fraction of sp³-hybridized carbons (Fsp3) is 0.579. The second-order valence-corrected chi connectivity index (χ2v) is 6.65. The first kappa shape index (κ1) is 17.9. The molecular formula is C19H27N3O3. The minimum atomic E-state index is 0.248. The topological polar surface area (TPSA) is 71.6 Å². The summed E-state index contributed by atoms with van der Waals surface area (Å²) in [6, 6.07) is 7.76. The van der Waals surface area contributed by atoms with Crippen molar-refractivity contribution in [2.75, 3.05) is 26.3 Å². The molecule has 25 heavy (non-hydrogen) atoms. The minimum Gasteiger partial charge on any atom is -0.494 e. The monoisotopic (exact) mass is 345 g/mol. The van der Waals surface area contributed by atoms with Crippen LogP contribution >= 0.6 is 0 Å². The van der Waals surface area contributed by atoms with E-state index in [0.717, 1.165) is 56.7 Å². The summed E-state index contributed by atoms with van der Waals surface area (Å²) < 4.78 is 11.5. The van der Waals surface area contributed by atoms with Crippen LogP contribution in [-0.2, 0) is 6.54 Å². The first-order chi connectivity index (χ1) is 12.3.